The van der Waals surface area contributed by atoms with Crippen molar-refractivity contribution in [3.05, 3.63) is 30.1 Å². The number of pyridine rings is 1. The van der Waals surface area contributed by atoms with Gasteiger partial charge in [0.1, 0.15) is 5.92 Å². The van der Waals surface area contributed by atoms with E-state index in [1.165, 1.54) is 0 Å². The molecule has 2 unspecified atom stereocenters. The predicted molar refractivity (Wildman–Crippen MR) is 68.7 cm³/mol. The highest BCUT2D eigenvalue weighted by atomic mass is 16.1. The van der Waals surface area contributed by atoms with Crippen LogP contribution in [0.5, 0.6) is 0 Å². The van der Waals surface area contributed by atoms with Crippen LogP contribution in [0.25, 0.3) is 0 Å². The summed E-state index contributed by atoms with van der Waals surface area (Å²) in [6.45, 7) is 4.25. The van der Waals surface area contributed by atoms with Crippen molar-refractivity contribution >= 4 is 5.78 Å². The van der Waals surface area contributed by atoms with Crippen molar-refractivity contribution in [2.45, 2.75) is 39.0 Å². The first kappa shape index (κ1) is 12.8. The third-order valence-electron chi connectivity index (χ3n) is 4.03. The van der Waals surface area contributed by atoms with Crippen LogP contribution in [-0.2, 0) is 4.79 Å². The summed E-state index contributed by atoms with van der Waals surface area (Å²) in [6, 6.07) is 5.72. The van der Waals surface area contributed by atoms with Crippen LogP contribution < -0.4 is 0 Å². The summed E-state index contributed by atoms with van der Waals surface area (Å²) in [7, 11) is 0. The van der Waals surface area contributed by atoms with E-state index in [2.05, 4.69) is 24.9 Å². The molecule has 1 fully saturated rings. The second kappa shape index (κ2) is 4.89. The first-order chi connectivity index (χ1) is 8.56. The summed E-state index contributed by atoms with van der Waals surface area (Å²) < 4.78 is 0. The van der Waals surface area contributed by atoms with Gasteiger partial charge in [0.25, 0.3) is 0 Å². The molecule has 0 spiro atoms. The lowest BCUT2D eigenvalue weighted by molar-refractivity contribution is -0.125. The van der Waals surface area contributed by atoms with Crippen LogP contribution in [0, 0.1) is 22.7 Å². The Balaban J connectivity index is 2.25. The molecule has 2 atom stereocenters. The monoisotopic (exact) mass is 242 g/mol. The molecule has 0 radical (unpaired) electrons. The number of carbonyl (C=O) groups is 1. The molecule has 1 aliphatic carbocycles. The molecule has 0 N–H and O–H groups in total. The van der Waals surface area contributed by atoms with Gasteiger partial charge in [-0.3, -0.25) is 9.78 Å². The second-order valence-corrected chi connectivity index (χ2v) is 5.68. The highest BCUT2D eigenvalue weighted by Crippen LogP contribution is 2.45. The fourth-order valence-electron chi connectivity index (χ4n) is 2.90. The quantitative estimate of drug-likeness (QED) is 0.818. The molecular formula is C15H18N2O. The van der Waals surface area contributed by atoms with E-state index >= 15 is 0 Å². The van der Waals surface area contributed by atoms with Gasteiger partial charge < -0.3 is 0 Å². The molecule has 1 aromatic rings. The van der Waals surface area contributed by atoms with E-state index in [9.17, 15) is 10.1 Å². The maximum absolute atomic E-state index is 12.5. The molecule has 2 rings (SSSR count). The summed E-state index contributed by atoms with van der Waals surface area (Å²) in [5.41, 5.74) is 0.738. The predicted octanol–water partition coefficient (Wildman–Crippen LogP) is 3.08. The molecule has 0 bridgehead atoms. The summed E-state index contributed by atoms with van der Waals surface area (Å²) in [4.78, 5) is 16.5. The van der Waals surface area contributed by atoms with Gasteiger partial charge in [-0.05, 0) is 29.9 Å². The van der Waals surface area contributed by atoms with Gasteiger partial charge in [0, 0.05) is 18.3 Å². The van der Waals surface area contributed by atoms with Crippen molar-refractivity contribution in [1.29, 1.82) is 5.26 Å². The number of hydrogen-bond acceptors (Lipinski definition) is 3. The van der Waals surface area contributed by atoms with Crippen molar-refractivity contribution in [3.8, 4) is 6.07 Å². The number of carbonyl (C=O) groups excluding carboxylic acids is 1. The Hall–Kier alpha value is -1.69. The van der Waals surface area contributed by atoms with Crippen LogP contribution in [0.1, 0.15) is 44.6 Å². The van der Waals surface area contributed by atoms with Gasteiger partial charge in [-0.15, -0.1) is 0 Å². The zero-order valence-corrected chi connectivity index (χ0v) is 10.9. The fourth-order valence-corrected chi connectivity index (χ4v) is 2.90. The largest absolute Gasteiger partial charge is 0.298 e. The Morgan fingerprint density at radius 3 is 2.89 bits per heavy atom. The summed E-state index contributed by atoms with van der Waals surface area (Å²) >= 11 is 0. The average molecular weight is 242 g/mol. The van der Waals surface area contributed by atoms with Crippen molar-refractivity contribution in [2.75, 3.05) is 0 Å². The molecule has 3 nitrogen and oxygen atoms in total. The van der Waals surface area contributed by atoms with E-state index in [4.69, 9.17) is 0 Å². The highest BCUT2D eigenvalue weighted by molar-refractivity contribution is 5.91. The lowest BCUT2D eigenvalue weighted by Crippen LogP contribution is -2.29. The van der Waals surface area contributed by atoms with Crippen molar-refractivity contribution in [2.24, 2.45) is 11.3 Å². The number of nitriles is 1. The Kier molecular flexibility index (Phi) is 3.47. The first-order valence-corrected chi connectivity index (χ1v) is 6.39. The smallest absolute Gasteiger partial charge is 0.158 e. The minimum Gasteiger partial charge on any atom is -0.298 e. The Morgan fingerprint density at radius 1 is 1.61 bits per heavy atom. The molecule has 0 saturated heterocycles. The van der Waals surface area contributed by atoms with E-state index in [0.717, 1.165) is 19.3 Å². The average Bonchev–Trinajstić information content (AvgIpc) is 2.71. The van der Waals surface area contributed by atoms with Crippen LogP contribution in [0.3, 0.4) is 0 Å². The third-order valence-corrected chi connectivity index (χ3v) is 4.03. The van der Waals surface area contributed by atoms with E-state index in [-0.39, 0.29) is 17.1 Å². The molecule has 1 heterocycles. The number of aromatic nitrogens is 1. The molecular weight excluding hydrogens is 224 g/mol. The van der Waals surface area contributed by atoms with E-state index < -0.39 is 5.92 Å². The minimum absolute atomic E-state index is 0.00218. The van der Waals surface area contributed by atoms with Gasteiger partial charge in [0.05, 0.1) is 6.07 Å². The van der Waals surface area contributed by atoms with E-state index in [1.54, 1.807) is 24.5 Å². The third kappa shape index (κ3) is 2.28. The molecule has 0 amide bonds. The minimum atomic E-state index is -0.666. The number of Topliss-reactive ketones (excluding diaryl/α,β-unsaturated/α-hetero) is 1. The van der Waals surface area contributed by atoms with Crippen LogP contribution in [-0.4, -0.2) is 10.8 Å². The molecule has 1 aliphatic rings. The maximum atomic E-state index is 12.5. The zero-order valence-electron chi connectivity index (χ0n) is 10.9. The molecule has 3 heteroatoms. The van der Waals surface area contributed by atoms with Crippen LogP contribution in [0.15, 0.2) is 24.5 Å². The first-order valence-electron chi connectivity index (χ1n) is 6.39. The Morgan fingerprint density at radius 2 is 2.39 bits per heavy atom. The Labute approximate surface area is 108 Å². The molecule has 0 aromatic carbocycles. The number of rotatable bonds is 3. The SMILES string of the molecule is CC1(C)CCCC1C(=O)C(C#N)c1cccnc1. The standard InChI is InChI=1S/C15H18N2O/c1-15(2)7-3-6-13(15)14(18)12(9-16)11-5-4-8-17-10-11/h4-5,8,10,12-13H,3,6-7H2,1-2H3. The molecule has 18 heavy (non-hydrogen) atoms. The van der Waals surface area contributed by atoms with Crippen LogP contribution in [0.4, 0.5) is 0 Å². The van der Waals surface area contributed by atoms with Crippen molar-refractivity contribution in [3.63, 3.8) is 0 Å². The van der Waals surface area contributed by atoms with Gasteiger partial charge in [-0.1, -0.05) is 26.3 Å². The normalized spacial score (nSPS) is 23.3. The second-order valence-electron chi connectivity index (χ2n) is 5.68. The van der Waals surface area contributed by atoms with Gasteiger partial charge in [-0.25, -0.2) is 0 Å². The topological polar surface area (TPSA) is 53.8 Å². The lowest BCUT2D eigenvalue weighted by atomic mass is 9.75. The van der Waals surface area contributed by atoms with Crippen molar-refractivity contribution in [1.82, 2.24) is 4.98 Å². The van der Waals surface area contributed by atoms with Gasteiger partial charge in [0.15, 0.2) is 5.78 Å². The summed E-state index contributed by atoms with van der Waals surface area (Å²) in [5.74, 6) is -0.601. The fraction of sp³-hybridized carbons (Fsp3) is 0.533. The van der Waals surface area contributed by atoms with Gasteiger partial charge in [0.2, 0.25) is 0 Å². The summed E-state index contributed by atoms with van der Waals surface area (Å²) in [5, 5.41) is 9.28. The van der Waals surface area contributed by atoms with Crippen LogP contribution in [0.2, 0.25) is 0 Å². The number of hydrogen-bond donors (Lipinski definition) is 0. The Bertz CT molecular complexity index is 473. The van der Waals surface area contributed by atoms with Gasteiger partial charge in [-0.2, -0.15) is 5.26 Å². The highest BCUT2D eigenvalue weighted by Gasteiger charge is 2.42. The van der Waals surface area contributed by atoms with Crippen molar-refractivity contribution < 1.29 is 4.79 Å². The number of nitrogens with zero attached hydrogens (tertiary/aromatic N) is 2. The maximum Gasteiger partial charge on any atom is 0.158 e. The summed E-state index contributed by atoms with van der Waals surface area (Å²) in [6.07, 6.45) is 6.32. The molecule has 94 valence electrons. The lowest BCUT2D eigenvalue weighted by Gasteiger charge is -2.27. The number of ketones is 1. The van der Waals surface area contributed by atoms with Crippen LogP contribution >= 0.6 is 0 Å². The molecule has 0 aliphatic heterocycles. The van der Waals surface area contributed by atoms with Gasteiger partial charge >= 0.3 is 0 Å². The molecule has 1 aromatic heterocycles. The van der Waals surface area contributed by atoms with E-state index in [1.807, 2.05) is 0 Å². The zero-order chi connectivity index (χ0) is 13.2. The van der Waals surface area contributed by atoms with E-state index in [0.29, 0.717) is 5.56 Å². The molecule has 1 saturated carbocycles.